The van der Waals surface area contributed by atoms with Gasteiger partial charge in [-0.05, 0) is 36.4 Å². The lowest BCUT2D eigenvalue weighted by Crippen LogP contribution is -2.42. The first-order valence-corrected chi connectivity index (χ1v) is 10.0. The lowest BCUT2D eigenvalue weighted by Gasteiger charge is -2.09. The number of benzene rings is 1. The Hall–Kier alpha value is -4.54. The predicted octanol–water partition coefficient (Wildman–Crippen LogP) is 0.0981. The molecule has 0 aliphatic carbocycles. The Morgan fingerprint density at radius 3 is 2.30 bits per heavy atom. The van der Waals surface area contributed by atoms with Gasteiger partial charge in [0.05, 0.1) is 12.2 Å². The largest absolute Gasteiger partial charge is 0.350 e. The van der Waals surface area contributed by atoms with Gasteiger partial charge in [-0.3, -0.25) is 28.7 Å². The van der Waals surface area contributed by atoms with E-state index in [9.17, 15) is 24.0 Å². The summed E-state index contributed by atoms with van der Waals surface area (Å²) in [6.45, 7) is 1.49. The van der Waals surface area contributed by atoms with Crippen LogP contribution in [-0.2, 0) is 11.3 Å². The summed E-state index contributed by atoms with van der Waals surface area (Å²) in [5.74, 6) is -1.26. The molecule has 0 radical (unpaired) electrons. The molecule has 0 aliphatic heterocycles. The zero-order valence-electron chi connectivity index (χ0n) is 17.8. The van der Waals surface area contributed by atoms with Crippen LogP contribution in [0.2, 0.25) is 0 Å². The normalized spacial score (nSPS) is 10.3. The predicted molar refractivity (Wildman–Crippen MR) is 120 cm³/mol. The Labute approximate surface area is 187 Å². The highest BCUT2D eigenvalue weighted by Gasteiger charge is 2.15. The Bertz CT molecular complexity index is 1260. The topological polar surface area (TPSA) is 155 Å². The van der Waals surface area contributed by atoms with Crippen molar-refractivity contribution in [2.75, 3.05) is 18.4 Å². The minimum absolute atomic E-state index is 0.0629. The van der Waals surface area contributed by atoms with Crippen molar-refractivity contribution in [1.29, 1.82) is 0 Å². The van der Waals surface area contributed by atoms with E-state index >= 15 is 0 Å². The number of carbonyl (C=O) groups excluding carboxylic acids is 3. The van der Waals surface area contributed by atoms with Gasteiger partial charge in [0.1, 0.15) is 5.56 Å². The van der Waals surface area contributed by atoms with Crippen molar-refractivity contribution in [2.45, 2.75) is 13.5 Å². The van der Waals surface area contributed by atoms with Gasteiger partial charge in [0.2, 0.25) is 5.91 Å². The number of anilines is 1. The van der Waals surface area contributed by atoms with Crippen molar-refractivity contribution in [2.24, 2.45) is 0 Å². The SMILES string of the molecule is CC(=O)Nc1ccc(C(=O)NCCNC(=O)c2c[nH]c(=O)n(Cc3ccccn3)c2=O)cc1. The van der Waals surface area contributed by atoms with Gasteiger partial charge >= 0.3 is 5.69 Å². The summed E-state index contributed by atoms with van der Waals surface area (Å²) in [7, 11) is 0. The smallest absolute Gasteiger partial charge is 0.328 e. The number of nitrogens with one attached hydrogen (secondary N) is 4. The lowest BCUT2D eigenvalue weighted by molar-refractivity contribution is -0.114. The van der Waals surface area contributed by atoms with E-state index in [1.807, 2.05) is 0 Å². The van der Waals surface area contributed by atoms with Crippen molar-refractivity contribution < 1.29 is 14.4 Å². The number of aromatic amines is 1. The van der Waals surface area contributed by atoms with E-state index in [0.29, 0.717) is 16.9 Å². The molecule has 4 N–H and O–H groups in total. The molecule has 2 aromatic heterocycles. The van der Waals surface area contributed by atoms with Gasteiger partial charge in [-0.1, -0.05) is 6.07 Å². The highest BCUT2D eigenvalue weighted by Crippen LogP contribution is 2.09. The molecule has 0 spiro atoms. The quantitative estimate of drug-likeness (QED) is 0.357. The second kappa shape index (κ2) is 10.7. The number of rotatable bonds is 8. The number of aromatic nitrogens is 3. The second-order valence-corrected chi connectivity index (χ2v) is 6.99. The molecule has 3 aromatic rings. The number of H-pyrrole nitrogens is 1. The third kappa shape index (κ3) is 6.23. The van der Waals surface area contributed by atoms with Crippen LogP contribution in [0.1, 0.15) is 33.3 Å². The number of pyridine rings is 1. The maximum absolute atomic E-state index is 12.6. The van der Waals surface area contributed by atoms with E-state index in [0.717, 1.165) is 10.8 Å². The summed E-state index contributed by atoms with van der Waals surface area (Å²) in [5.41, 5.74) is -0.181. The molecular formula is C22H22N6O5. The van der Waals surface area contributed by atoms with Crippen molar-refractivity contribution in [3.63, 3.8) is 0 Å². The zero-order chi connectivity index (χ0) is 23.8. The summed E-state index contributed by atoms with van der Waals surface area (Å²) in [6.07, 6.45) is 2.60. The summed E-state index contributed by atoms with van der Waals surface area (Å²) in [4.78, 5) is 66.8. The Morgan fingerprint density at radius 1 is 0.970 bits per heavy atom. The van der Waals surface area contributed by atoms with Crippen molar-refractivity contribution in [3.05, 3.63) is 92.5 Å². The molecule has 0 fully saturated rings. The molecule has 0 bridgehead atoms. The van der Waals surface area contributed by atoms with Crippen LogP contribution in [0.4, 0.5) is 5.69 Å². The molecular weight excluding hydrogens is 428 g/mol. The minimum Gasteiger partial charge on any atom is -0.350 e. The van der Waals surface area contributed by atoms with Crippen LogP contribution in [0.5, 0.6) is 0 Å². The molecule has 0 unspecified atom stereocenters. The van der Waals surface area contributed by atoms with E-state index in [1.54, 1.807) is 42.5 Å². The van der Waals surface area contributed by atoms with Crippen LogP contribution >= 0.6 is 0 Å². The number of hydrogen-bond donors (Lipinski definition) is 4. The van der Waals surface area contributed by atoms with Gasteiger partial charge in [-0.25, -0.2) is 4.79 Å². The molecule has 0 saturated carbocycles. The Balaban J connectivity index is 1.55. The van der Waals surface area contributed by atoms with Crippen LogP contribution in [0, 0.1) is 0 Å². The third-order valence-corrected chi connectivity index (χ3v) is 4.52. The molecule has 2 heterocycles. The number of hydrogen-bond acceptors (Lipinski definition) is 6. The maximum atomic E-state index is 12.6. The third-order valence-electron chi connectivity index (χ3n) is 4.52. The first kappa shape index (κ1) is 23.1. The average molecular weight is 450 g/mol. The lowest BCUT2D eigenvalue weighted by atomic mass is 10.2. The van der Waals surface area contributed by atoms with Gasteiger partial charge in [-0.15, -0.1) is 0 Å². The number of nitrogens with zero attached hydrogens (tertiary/aromatic N) is 2. The molecule has 1 aromatic carbocycles. The van der Waals surface area contributed by atoms with Crippen LogP contribution in [0.15, 0.2) is 64.4 Å². The molecule has 33 heavy (non-hydrogen) atoms. The standard InChI is InChI=1S/C22H22N6O5/c1-14(29)27-16-7-5-15(6-8-16)19(30)24-10-11-25-20(31)18-12-26-22(33)28(21(18)32)13-17-4-2-3-9-23-17/h2-9,12H,10-11,13H2,1H3,(H,24,30)(H,25,31)(H,26,33)(H,27,29). The number of carbonyl (C=O) groups is 3. The number of amides is 3. The summed E-state index contributed by atoms with van der Waals surface area (Å²) in [5, 5.41) is 7.78. The molecule has 3 rings (SSSR count). The Morgan fingerprint density at radius 2 is 1.67 bits per heavy atom. The summed E-state index contributed by atoms with van der Waals surface area (Å²) >= 11 is 0. The van der Waals surface area contributed by atoms with Crippen molar-refractivity contribution in [3.8, 4) is 0 Å². The van der Waals surface area contributed by atoms with Crippen LogP contribution in [0.25, 0.3) is 0 Å². The monoisotopic (exact) mass is 450 g/mol. The van der Waals surface area contributed by atoms with E-state index in [4.69, 9.17) is 0 Å². The highest BCUT2D eigenvalue weighted by atomic mass is 16.2. The van der Waals surface area contributed by atoms with Gasteiger partial charge in [-0.2, -0.15) is 0 Å². The maximum Gasteiger partial charge on any atom is 0.328 e. The average Bonchev–Trinajstić information content (AvgIpc) is 2.80. The summed E-state index contributed by atoms with van der Waals surface area (Å²) < 4.78 is 0.893. The van der Waals surface area contributed by atoms with Gasteiger partial charge in [0.25, 0.3) is 17.4 Å². The first-order chi connectivity index (χ1) is 15.8. The van der Waals surface area contributed by atoms with E-state index in [-0.39, 0.29) is 37.0 Å². The minimum atomic E-state index is -0.745. The molecule has 0 aliphatic rings. The highest BCUT2D eigenvalue weighted by molar-refractivity contribution is 5.96. The van der Waals surface area contributed by atoms with Crippen LogP contribution < -0.4 is 27.2 Å². The van der Waals surface area contributed by atoms with E-state index < -0.39 is 17.2 Å². The molecule has 11 nitrogen and oxygen atoms in total. The molecule has 11 heteroatoms. The van der Waals surface area contributed by atoms with Gasteiger partial charge in [0.15, 0.2) is 0 Å². The van der Waals surface area contributed by atoms with E-state index in [1.165, 1.54) is 13.1 Å². The fraction of sp³-hybridized carbons (Fsp3) is 0.182. The van der Waals surface area contributed by atoms with Crippen molar-refractivity contribution in [1.82, 2.24) is 25.2 Å². The van der Waals surface area contributed by atoms with Crippen LogP contribution in [-0.4, -0.2) is 45.3 Å². The van der Waals surface area contributed by atoms with Crippen molar-refractivity contribution >= 4 is 23.4 Å². The summed E-state index contributed by atoms with van der Waals surface area (Å²) in [6, 6.07) is 11.4. The zero-order valence-corrected chi connectivity index (χ0v) is 17.8. The van der Waals surface area contributed by atoms with Crippen LogP contribution in [0.3, 0.4) is 0 Å². The fourth-order valence-corrected chi connectivity index (χ4v) is 2.93. The van der Waals surface area contributed by atoms with E-state index in [2.05, 4.69) is 25.9 Å². The first-order valence-electron chi connectivity index (χ1n) is 10.0. The second-order valence-electron chi connectivity index (χ2n) is 6.99. The molecule has 0 atom stereocenters. The fourth-order valence-electron chi connectivity index (χ4n) is 2.93. The van der Waals surface area contributed by atoms with Gasteiger partial charge < -0.3 is 20.9 Å². The molecule has 0 saturated heterocycles. The Kier molecular flexibility index (Phi) is 7.47. The molecule has 3 amide bonds. The van der Waals surface area contributed by atoms with Gasteiger partial charge in [0, 0.05) is 43.7 Å². The molecule has 170 valence electrons.